The summed E-state index contributed by atoms with van der Waals surface area (Å²) in [5.41, 5.74) is 21.2. The Hall–Kier alpha value is -2.24. The van der Waals surface area contributed by atoms with Crippen LogP contribution in [-0.2, 0) is 13.0 Å². The van der Waals surface area contributed by atoms with Crippen LogP contribution in [0.2, 0.25) is 10.0 Å². The van der Waals surface area contributed by atoms with Crippen LogP contribution in [0.15, 0.2) is 66.7 Å². The minimum atomic E-state index is 0.387. The summed E-state index contributed by atoms with van der Waals surface area (Å²) in [6, 6.07) is 21.8. The van der Waals surface area contributed by atoms with E-state index >= 15 is 0 Å². The molecule has 0 aromatic heterocycles. The Morgan fingerprint density at radius 3 is 1.81 bits per heavy atom. The summed E-state index contributed by atoms with van der Waals surface area (Å²) in [5.74, 6) is 0. The second-order valence-electron chi connectivity index (χ2n) is 6.36. The Morgan fingerprint density at radius 2 is 1.31 bits per heavy atom. The van der Waals surface area contributed by atoms with E-state index < -0.39 is 0 Å². The van der Waals surface area contributed by atoms with Crippen LogP contribution in [0, 0.1) is 0 Å². The lowest BCUT2D eigenvalue weighted by atomic mass is 10.0. The molecule has 3 rings (SSSR count). The summed E-state index contributed by atoms with van der Waals surface area (Å²) >= 11 is 11.5. The molecule has 32 heavy (non-hydrogen) atoms. The second-order valence-corrected chi connectivity index (χ2v) is 7.18. The highest BCUT2D eigenvalue weighted by molar-refractivity contribution is 6.35. The number of nitrogens with two attached hydrogens (primary N) is 3. The van der Waals surface area contributed by atoms with E-state index in [0.29, 0.717) is 16.6 Å². The van der Waals surface area contributed by atoms with Crippen LogP contribution in [0.1, 0.15) is 43.9 Å². The number of para-hydroxylation sites is 2. The molecule has 0 aliphatic rings. The molecule has 3 aromatic rings. The Labute approximate surface area is 204 Å². The molecule has 0 fully saturated rings. The first-order valence-corrected chi connectivity index (χ1v) is 11.7. The van der Waals surface area contributed by atoms with Crippen LogP contribution in [0.4, 0.5) is 11.4 Å². The quantitative estimate of drug-likeness (QED) is 0.296. The number of nitrogens with one attached hydrogen (secondary N) is 1. The Kier molecular flexibility index (Phi) is 17.1. The van der Waals surface area contributed by atoms with Gasteiger partial charge in [0.1, 0.15) is 0 Å². The molecule has 0 aliphatic carbocycles. The van der Waals surface area contributed by atoms with Crippen LogP contribution >= 0.6 is 23.2 Å². The Morgan fingerprint density at radius 1 is 0.781 bits per heavy atom. The van der Waals surface area contributed by atoms with Crippen LogP contribution in [0.3, 0.4) is 0 Å². The fraction of sp³-hybridized carbons (Fsp3) is 0.308. The van der Waals surface area contributed by atoms with E-state index in [4.69, 9.17) is 34.7 Å². The zero-order valence-electron chi connectivity index (χ0n) is 19.7. The zero-order valence-corrected chi connectivity index (χ0v) is 21.2. The van der Waals surface area contributed by atoms with Gasteiger partial charge in [0.05, 0.1) is 0 Å². The predicted octanol–water partition coefficient (Wildman–Crippen LogP) is 6.73. The van der Waals surface area contributed by atoms with E-state index in [2.05, 4.69) is 48.3 Å². The lowest BCUT2D eigenvalue weighted by molar-refractivity contribution is 0.974. The Bertz CT molecular complexity index is 865. The molecule has 176 valence electrons. The van der Waals surface area contributed by atoms with E-state index in [-0.39, 0.29) is 0 Å². The summed E-state index contributed by atoms with van der Waals surface area (Å²) in [6.07, 6.45) is 2.00. The monoisotopic (exact) mass is 476 g/mol. The van der Waals surface area contributed by atoms with E-state index in [1.165, 1.54) is 23.9 Å². The van der Waals surface area contributed by atoms with Crippen molar-refractivity contribution in [3.8, 4) is 0 Å². The van der Waals surface area contributed by atoms with Crippen LogP contribution in [-0.4, -0.2) is 13.6 Å². The maximum atomic E-state index is 6.00. The number of rotatable bonds is 6. The van der Waals surface area contributed by atoms with E-state index in [1.807, 2.05) is 32.0 Å². The summed E-state index contributed by atoms with van der Waals surface area (Å²) < 4.78 is 0. The number of benzene rings is 3. The van der Waals surface area contributed by atoms with Gasteiger partial charge in [-0.3, -0.25) is 0 Å². The highest BCUT2D eigenvalue weighted by Crippen LogP contribution is 2.23. The Balaban J connectivity index is 0.000000582. The van der Waals surface area contributed by atoms with Gasteiger partial charge in [0.15, 0.2) is 0 Å². The van der Waals surface area contributed by atoms with Gasteiger partial charge in [-0.15, -0.1) is 0 Å². The van der Waals surface area contributed by atoms with Crippen LogP contribution in [0.5, 0.6) is 0 Å². The molecule has 0 amide bonds. The molecule has 0 aliphatic heterocycles. The minimum Gasteiger partial charge on any atom is -0.398 e. The molecule has 7 N–H and O–H groups in total. The average molecular weight is 478 g/mol. The highest BCUT2D eigenvalue weighted by atomic mass is 35.5. The van der Waals surface area contributed by atoms with Crippen molar-refractivity contribution in [2.45, 2.75) is 40.2 Å². The number of anilines is 2. The molecule has 0 unspecified atom stereocenters. The molecular formula is C26H38Cl2N4. The second kappa shape index (κ2) is 18.3. The van der Waals surface area contributed by atoms with Gasteiger partial charge in [0.2, 0.25) is 0 Å². The topological polar surface area (TPSA) is 90.1 Å². The number of halogens is 2. The lowest BCUT2D eigenvalue weighted by Crippen LogP contribution is -2.04. The number of nitrogen functional groups attached to an aromatic ring is 1. The van der Waals surface area contributed by atoms with Gasteiger partial charge in [-0.2, -0.15) is 0 Å². The fourth-order valence-corrected chi connectivity index (χ4v) is 3.29. The number of hydrogen-bond donors (Lipinski definition) is 4. The first-order valence-electron chi connectivity index (χ1n) is 10.9. The molecular weight excluding hydrogens is 439 g/mol. The van der Waals surface area contributed by atoms with Crippen molar-refractivity contribution in [2.75, 3.05) is 24.6 Å². The van der Waals surface area contributed by atoms with E-state index in [1.54, 1.807) is 18.2 Å². The smallest absolute Gasteiger partial charge is 0.0465 e. The van der Waals surface area contributed by atoms with Gasteiger partial charge in [-0.1, -0.05) is 86.4 Å². The normalized spacial score (nSPS) is 9.25. The zero-order chi connectivity index (χ0) is 24.4. The standard InChI is InChI=1S/C16H20N2.C7H7Cl2N.C2H6.CH5N/c1-2-11-18-16-10-6-4-8-14(16)12-13-7-3-5-9-15(13)17;8-6-2-1-3-7(9)5(6)4-10;2*1-2/h3-10,18H,2,11-12,17H2,1H3;1-3H,4,10H2;1-2H3;2H2,1H3. The first kappa shape index (κ1) is 29.8. The summed E-state index contributed by atoms with van der Waals surface area (Å²) in [7, 11) is 1.50. The maximum Gasteiger partial charge on any atom is 0.0465 e. The van der Waals surface area contributed by atoms with Crippen molar-refractivity contribution in [3.05, 3.63) is 93.5 Å². The van der Waals surface area contributed by atoms with Gasteiger partial charge in [-0.05, 0) is 48.9 Å². The third kappa shape index (κ3) is 10.4. The average Bonchev–Trinajstić information content (AvgIpc) is 2.83. The van der Waals surface area contributed by atoms with E-state index in [0.717, 1.165) is 30.6 Å². The van der Waals surface area contributed by atoms with Crippen molar-refractivity contribution in [3.63, 3.8) is 0 Å². The fourth-order valence-electron chi connectivity index (χ4n) is 2.73. The van der Waals surface area contributed by atoms with Crippen molar-refractivity contribution >= 4 is 34.6 Å². The molecule has 0 saturated carbocycles. The van der Waals surface area contributed by atoms with Gasteiger partial charge in [0, 0.05) is 46.5 Å². The van der Waals surface area contributed by atoms with Crippen molar-refractivity contribution in [2.24, 2.45) is 11.5 Å². The third-order valence-corrected chi connectivity index (χ3v) is 4.99. The molecule has 0 saturated heterocycles. The maximum absolute atomic E-state index is 6.00. The molecule has 4 nitrogen and oxygen atoms in total. The van der Waals surface area contributed by atoms with Crippen molar-refractivity contribution in [1.82, 2.24) is 0 Å². The summed E-state index contributed by atoms with van der Waals surface area (Å²) in [6.45, 7) is 7.56. The summed E-state index contributed by atoms with van der Waals surface area (Å²) in [4.78, 5) is 0. The highest BCUT2D eigenvalue weighted by Gasteiger charge is 2.04. The molecule has 6 heteroatoms. The lowest BCUT2D eigenvalue weighted by Gasteiger charge is -2.12. The molecule has 3 aromatic carbocycles. The van der Waals surface area contributed by atoms with Crippen LogP contribution in [0.25, 0.3) is 0 Å². The molecule has 0 heterocycles. The largest absolute Gasteiger partial charge is 0.398 e. The number of hydrogen-bond acceptors (Lipinski definition) is 4. The molecule has 0 spiro atoms. The molecule has 0 bridgehead atoms. The minimum absolute atomic E-state index is 0.387. The van der Waals surface area contributed by atoms with Crippen LogP contribution < -0.4 is 22.5 Å². The van der Waals surface area contributed by atoms with Crippen molar-refractivity contribution in [1.29, 1.82) is 0 Å². The first-order chi connectivity index (χ1) is 15.6. The van der Waals surface area contributed by atoms with Gasteiger partial charge in [0.25, 0.3) is 0 Å². The predicted molar refractivity (Wildman–Crippen MR) is 145 cm³/mol. The van der Waals surface area contributed by atoms with Gasteiger partial charge in [-0.25, -0.2) is 0 Å². The third-order valence-electron chi connectivity index (χ3n) is 4.28. The van der Waals surface area contributed by atoms with Gasteiger partial charge >= 0.3 is 0 Å². The molecule has 0 radical (unpaired) electrons. The molecule has 0 atom stereocenters. The van der Waals surface area contributed by atoms with E-state index in [9.17, 15) is 0 Å². The SMILES string of the molecule is CC.CCCNc1ccccc1Cc1ccccc1N.CN.NCc1c(Cl)cccc1Cl. The van der Waals surface area contributed by atoms with Gasteiger partial charge < -0.3 is 22.5 Å². The summed E-state index contributed by atoms with van der Waals surface area (Å²) in [5, 5.41) is 4.73. The van der Waals surface area contributed by atoms with Crippen molar-refractivity contribution < 1.29 is 0 Å².